The van der Waals surface area contributed by atoms with Gasteiger partial charge in [0.05, 0.1) is 13.1 Å². The fraction of sp³-hybridized carbons (Fsp3) is 0.467. The molecule has 120 valence electrons. The summed E-state index contributed by atoms with van der Waals surface area (Å²) in [4.78, 5) is 27.8. The second-order valence-corrected chi connectivity index (χ2v) is 6.26. The number of rotatable bonds is 1. The Labute approximate surface area is 132 Å². The van der Waals surface area contributed by atoms with Crippen molar-refractivity contribution in [1.29, 1.82) is 0 Å². The molecule has 2 amide bonds. The van der Waals surface area contributed by atoms with Crippen molar-refractivity contribution in [2.75, 3.05) is 26.7 Å². The zero-order chi connectivity index (χ0) is 16.0. The summed E-state index contributed by atoms with van der Waals surface area (Å²) in [6.07, 6.45) is 1.29. The van der Waals surface area contributed by atoms with E-state index in [1.807, 2.05) is 0 Å². The van der Waals surface area contributed by atoms with Crippen molar-refractivity contribution < 1.29 is 14.3 Å². The molecule has 1 aromatic heterocycles. The van der Waals surface area contributed by atoms with Crippen LogP contribution < -0.4 is 0 Å². The number of aromatic nitrogens is 3. The van der Waals surface area contributed by atoms with Crippen molar-refractivity contribution in [2.45, 2.75) is 18.4 Å². The Morgan fingerprint density at radius 2 is 2.13 bits per heavy atom. The minimum absolute atomic E-state index is 0.0698. The van der Waals surface area contributed by atoms with Gasteiger partial charge in [-0.05, 0) is 31.0 Å². The summed E-state index contributed by atoms with van der Waals surface area (Å²) in [5.74, 6) is -0.0698. The van der Waals surface area contributed by atoms with Gasteiger partial charge in [0.1, 0.15) is 16.6 Å². The topological polar surface area (TPSA) is 91.4 Å². The maximum absolute atomic E-state index is 12.8. The molecular weight excluding hydrogens is 298 g/mol. The van der Waals surface area contributed by atoms with Crippen molar-refractivity contribution in [2.24, 2.45) is 0 Å². The monoisotopic (exact) mass is 315 g/mol. The molecule has 0 aliphatic carbocycles. The van der Waals surface area contributed by atoms with E-state index in [1.165, 1.54) is 0 Å². The molecular formula is C15H17N5O3. The highest BCUT2D eigenvalue weighted by molar-refractivity contribution is 5.97. The van der Waals surface area contributed by atoms with Gasteiger partial charge >= 0.3 is 6.09 Å². The quantitative estimate of drug-likeness (QED) is 0.848. The molecule has 3 heterocycles. The van der Waals surface area contributed by atoms with Crippen LogP contribution in [0.25, 0.3) is 11.0 Å². The normalized spacial score (nSPS) is 24.5. The number of hydrogen-bond acceptors (Lipinski definition) is 5. The molecule has 1 aromatic carbocycles. The van der Waals surface area contributed by atoms with Crippen molar-refractivity contribution >= 4 is 23.0 Å². The Morgan fingerprint density at radius 1 is 1.30 bits per heavy atom. The number of amides is 2. The number of likely N-dealkylation sites (N-methyl/N-ethyl adjacent to an activating group) is 1. The van der Waals surface area contributed by atoms with Crippen molar-refractivity contribution in [3.05, 3.63) is 23.8 Å². The van der Waals surface area contributed by atoms with Gasteiger partial charge in [-0.15, -0.1) is 0 Å². The molecule has 1 atom stereocenters. The SMILES string of the molecule is CN1C[C@]2(CCCN(C(=O)c3ccc4n[nH]nc4c3)C2)OC1=O. The summed E-state index contributed by atoms with van der Waals surface area (Å²) >= 11 is 0. The highest BCUT2D eigenvalue weighted by Crippen LogP contribution is 2.32. The lowest BCUT2D eigenvalue weighted by Crippen LogP contribution is -2.52. The van der Waals surface area contributed by atoms with Crippen LogP contribution in [0.2, 0.25) is 0 Å². The molecule has 2 aliphatic rings. The molecule has 8 nitrogen and oxygen atoms in total. The van der Waals surface area contributed by atoms with Crippen LogP contribution in [-0.4, -0.2) is 69.5 Å². The Morgan fingerprint density at radius 3 is 2.91 bits per heavy atom. The van der Waals surface area contributed by atoms with E-state index in [0.717, 1.165) is 18.4 Å². The first-order valence-corrected chi connectivity index (χ1v) is 7.60. The van der Waals surface area contributed by atoms with E-state index in [2.05, 4.69) is 15.4 Å². The lowest BCUT2D eigenvalue weighted by Gasteiger charge is -2.38. The van der Waals surface area contributed by atoms with Crippen LogP contribution in [0.4, 0.5) is 4.79 Å². The summed E-state index contributed by atoms with van der Waals surface area (Å²) in [6.45, 7) is 1.62. The third-order valence-electron chi connectivity index (χ3n) is 4.53. The molecule has 1 spiro atoms. The number of H-pyrrole nitrogens is 1. The second-order valence-electron chi connectivity index (χ2n) is 6.26. The number of nitrogens with one attached hydrogen (secondary N) is 1. The number of benzene rings is 1. The number of likely N-dealkylation sites (tertiary alicyclic amines) is 1. The Bertz CT molecular complexity index is 788. The largest absolute Gasteiger partial charge is 0.439 e. The summed E-state index contributed by atoms with van der Waals surface area (Å²) in [7, 11) is 1.72. The van der Waals surface area contributed by atoms with E-state index < -0.39 is 5.60 Å². The smallest absolute Gasteiger partial charge is 0.410 e. The molecule has 8 heteroatoms. The maximum atomic E-state index is 12.8. The third kappa shape index (κ3) is 2.30. The van der Waals surface area contributed by atoms with E-state index in [1.54, 1.807) is 35.0 Å². The third-order valence-corrected chi connectivity index (χ3v) is 4.53. The summed E-state index contributed by atoms with van der Waals surface area (Å²) in [5, 5.41) is 10.5. The number of fused-ring (bicyclic) bond motifs is 1. The van der Waals surface area contributed by atoms with Gasteiger partial charge in [0.2, 0.25) is 0 Å². The highest BCUT2D eigenvalue weighted by Gasteiger charge is 2.47. The number of aromatic amines is 1. The zero-order valence-corrected chi connectivity index (χ0v) is 12.8. The van der Waals surface area contributed by atoms with Crippen LogP contribution >= 0.6 is 0 Å². The second kappa shape index (κ2) is 4.94. The Kier molecular flexibility index (Phi) is 3.00. The predicted octanol–water partition coefficient (Wildman–Crippen LogP) is 1.01. The van der Waals surface area contributed by atoms with Crippen LogP contribution in [0.1, 0.15) is 23.2 Å². The van der Waals surface area contributed by atoms with Crippen LogP contribution in [-0.2, 0) is 4.74 Å². The molecule has 2 saturated heterocycles. The summed E-state index contributed by atoms with van der Waals surface area (Å²) < 4.78 is 5.54. The minimum Gasteiger partial charge on any atom is -0.439 e. The van der Waals surface area contributed by atoms with Gasteiger partial charge in [-0.25, -0.2) is 4.79 Å². The number of ether oxygens (including phenoxy) is 1. The fourth-order valence-electron chi connectivity index (χ4n) is 3.43. The van der Waals surface area contributed by atoms with Crippen LogP contribution in [0.15, 0.2) is 18.2 Å². The van der Waals surface area contributed by atoms with E-state index in [-0.39, 0.29) is 12.0 Å². The summed E-state index contributed by atoms with van der Waals surface area (Å²) in [5.41, 5.74) is 1.39. The van der Waals surface area contributed by atoms with Gasteiger partial charge in [0, 0.05) is 19.2 Å². The predicted molar refractivity (Wildman–Crippen MR) is 80.9 cm³/mol. The Balaban J connectivity index is 1.57. The van der Waals surface area contributed by atoms with Crippen LogP contribution in [0, 0.1) is 0 Å². The number of carbonyl (C=O) groups excluding carboxylic acids is 2. The summed E-state index contributed by atoms with van der Waals surface area (Å²) in [6, 6.07) is 5.26. The molecule has 0 bridgehead atoms. The van der Waals surface area contributed by atoms with Crippen molar-refractivity contribution in [1.82, 2.24) is 25.2 Å². The molecule has 1 N–H and O–H groups in total. The van der Waals surface area contributed by atoms with Crippen molar-refractivity contribution in [3.63, 3.8) is 0 Å². The first-order valence-electron chi connectivity index (χ1n) is 7.60. The van der Waals surface area contributed by atoms with Gasteiger partial charge in [-0.3, -0.25) is 4.79 Å². The van der Waals surface area contributed by atoms with Gasteiger partial charge in [-0.2, -0.15) is 15.4 Å². The highest BCUT2D eigenvalue weighted by atomic mass is 16.6. The van der Waals surface area contributed by atoms with Crippen LogP contribution in [0.5, 0.6) is 0 Å². The van der Waals surface area contributed by atoms with E-state index >= 15 is 0 Å². The van der Waals surface area contributed by atoms with Crippen LogP contribution in [0.3, 0.4) is 0 Å². The first-order chi connectivity index (χ1) is 11.1. The molecule has 2 aromatic rings. The first kappa shape index (κ1) is 14.0. The van der Waals surface area contributed by atoms with Gasteiger partial charge in [0.25, 0.3) is 5.91 Å². The van der Waals surface area contributed by atoms with Gasteiger partial charge in [0.15, 0.2) is 0 Å². The number of carbonyl (C=O) groups is 2. The Hall–Kier alpha value is -2.64. The van der Waals surface area contributed by atoms with Gasteiger partial charge in [-0.1, -0.05) is 0 Å². The lowest BCUT2D eigenvalue weighted by molar-refractivity contribution is -0.00520. The standard InChI is InChI=1S/C15H17N5O3/c1-19-8-15(23-14(19)22)5-2-6-20(9-15)13(21)10-3-4-11-12(7-10)17-18-16-11/h3-4,7H,2,5-6,8-9H2,1H3,(H,16,17,18)/t15-/m0/s1. The van der Waals surface area contributed by atoms with E-state index in [9.17, 15) is 9.59 Å². The zero-order valence-electron chi connectivity index (χ0n) is 12.8. The van der Waals surface area contributed by atoms with Gasteiger partial charge < -0.3 is 14.5 Å². The van der Waals surface area contributed by atoms with Crippen molar-refractivity contribution in [3.8, 4) is 0 Å². The maximum Gasteiger partial charge on any atom is 0.410 e. The molecule has 23 heavy (non-hydrogen) atoms. The fourth-order valence-corrected chi connectivity index (χ4v) is 3.43. The van der Waals surface area contributed by atoms with E-state index in [4.69, 9.17) is 4.74 Å². The number of piperidine rings is 1. The average molecular weight is 315 g/mol. The molecule has 4 rings (SSSR count). The molecule has 2 aliphatic heterocycles. The minimum atomic E-state index is -0.572. The molecule has 0 saturated carbocycles. The molecule has 0 unspecified atom stereocenters. The average Bonchev–Trinajstić information content (AvgIpc) is 3.11. The molecule has 0 radical (unpaired) electrons. The molecule has 2 fully saturated rings. The van der Waals surface area contributed by atoms with E-state index in [0.29, 0.717) is 30.7 Å². The lowest BCUT2D eigenvalue weighted by atomic mass is 9.92. The number of hydrogen-bond donors (Lipinski definition) is 1. The number of nitrogens with zero attached hydrogens (tertiary/aromatic N) is 4.